The van der Waals surface area contributed by atoms with Gasteiger partial charge in [0.15, 0.2) is 5.58 Å². The third-order valence-electron chi connectivity index (χ3n) is 4.31. The minimum absolute atomic E-state index is 0.293. The highest BCUT2D eigenvalue weighted by atomic mass is 16.5. The van der Waals surface area contributed by atoms with Crippen LogP contribution in [0, 0.1) is 6.92 Å². The molecule has 2 aromatic rings. The first-order valence-corrected chi connectivity index (χ1v) is 7.14. The van der Waals surface area contributed by atoms with Crippen LogP contribution in [-0.4, -0.2) is 12.8 Å². The standard InChI is InChI=1S/C16H19NO3/c1-4-11(3)17-8-13-14(19-9-17)6-5-12-10(2)7-15(18)20-16(12)13/h5-7,11H,4,8-9H2,1-3H3/p+1/t11-/m1/s1. The number of benzene rings is 1. The van der Waals surface area contributed by atoms with Gasteiger partial charge in [-0.05, 0) is 38.0 Å². The van der Waals surface area contributed by atoms with Gasteiger partial charge in [0.1, 0.15) is 12.3 Å². The molecular weight excluding hydrogens is 254 g/mol. The average Bonchev–Trinajstić information content (AvgIpc) is 2.45. The molecule has 0 fully saturated rings. The zero-order valence-corrected chi connectivity index (χ0v) is 12.2. The molecule has 1 aliphatic rings. The second-order valence-electron chi connectivity index (χ2n) is 5.60. The molecule has 2 heterocycles. The van der Waals surface area contributed by atoms with Crippen LogP contribution in [-0.2, 0) is 6.54 Å². The van der Waals surface area contributed by atoms with E-state index >= 15 is 0 Å². The van der Waals surface area contributed by atoms with E-state index in [1.54, 1.807) is 0 Å². The molecule has 1 aromatic carbocycles. The van der Waals surface area contributed by atoms with Crippen LogP contribution in [0.2, 0.25) is 0 Å². The zero-order chi connectivity index (χ0) is 14.3. The van der Waals surface area contributed by atoms with Crippen LogP contribution in [0.5, 0.6) is 5.75 Å². The molecule has 2 atom stereocenters. The first-order chi connectivity index (χ1) is 9.60. The van der Waals surface area contributed by atoms with Crippen LogP contribution >= 0.6 is 0 Å². The number of hydrogen-bond donors (Lipinski definition) is 1. The van der Waals surface area contributed by atoms with Gasteiger partial charge in [-0.25, -0.2) is 4.79 Å². The Morgan fingerprint density at radius 1 is 1.40 bits per heavy atom. The van der Waals surface area contributed by atoms with Gasteiger partial charge in [0, 0.05) is 11.5 Å². The lowest BCUT2D eigenvalue weighted by Crippen LogP contribution is -3.15. The molecule has 0 saturated heterocycles. The normalized spacial score (nSPS) is 19.4. The second kappa shape index (κ2) is 4.94. The van der Waals surface area contributed by atoms with Gasteiger partial charge in [0.25, 0.3) is 0 Å². The third kappa shape index (κ3) is 2.10. The molecular formula is C16H20NO3+. The van der Waals surface area contributed by atoms with Crippen LogP contribution < -0.4 is 15.3 Å². The smallest absolute Gasteiger partial charge is 0.336 e. The Hall–Kier alpha value is -1.81. The summed E-state index contributed by atoms with van der Waals surface area (Å²) in [4.78, 5) is 13.0. The lowest BCUT2D eigenvalue weighted by Gasteiger charge is -2.30. The van der Waals surface area contributed by atoms with Gasteiger partial charge in [-0.3, -0.25) is 4.90 Å². The third-order valence-corrected chi connectivity index (χ3v) is 4.31. The fourth-order valence-electron chi connectivity index (χ4n) is 2.78. The van der Waals surface area contributed by atoms with Crippen molar-refractivity contribution in [3.63, 3.8) is 0 Å². The quantitative estimate of drug-likeness (QED) is 0.847. The Labute approximate surface area is 118 Å². The van der Waals surface area contributed by atoms with Gasteiger partial charge in [-0.2, -0.15) is 0 Å². The molecule has 0 bridgehead atoms. The highest BCUT2D eigenvalue weighted by Crippen LogP contribution is 2.29. The van der Waals surface area contributed by atoms with E-state index in [-0.39, 0.29) is 5.63 Å². The lowest BCUT2D eigenvalue weighted by molar-refractivity contribution is -0.954. The van der Waals surface area contributed by atoms with Gasteiger partial charge in [-0.15, -0.1) is 0 Å². The van der Waals surface area contributed by atoms with E-state index in [1.165, 1.54) is 11.0 Å². The van der Waals surface area contributed by atoms with Crippen LogP contribution in [0.3, 0.4) is 0 Å². The SMILES string of the molecule is CC[C@@H](C)[NH+]1COc2ccc3c(C)cc(=O)oc3c2C1. The Kier molecular flexibility index (Phi) is 3.26. The van der Waals surface area contributed by atoms with E-state index in [0.717, 1.165) is 35.2 Å². The van der Waals surface area contributed by atoms with Crippen molar-refractivity contribution in [3.8, 4) is 5.75 Å². The maximum atomic E-state index is 11.6. The van der Waals surface area contributed by atoms with E-state index in [0.29, 0.717) is 18.4 Å². The Morgan fingerprint density at radius 2 is 2.20 bits per heavy atom. The van der Waals surface area contributed by atoms with Crippen molar-refractivity contribution in [2.45, 2.75) is 39.8 Å². The van der Waals surface area contributed by atoms with Crippen molar-refractivity contribution >= 4 is 11.0 Å². The van der Waals surface area contributed by atoms with E-state index in [1.807, 2.05) is 19.1 Å². The predicted octanol–water partition coefficient (Wildman–Crippen LogP) is 1.63. The summed E-state index contributed by atoms with van der Waals surface area (Å²) in [6.45, 7) is 7.85. The predicted molar refractivity (Wildman–Crippen MR) is 77.1 cm³/mol. The van der Waals surface area contributed by atoms with Crippen molar-refractivity contribution < 1.29 is 14.1 Å². The summed E-state index contributed by atoms with van der Waals surface area (Å²) in [6.07, 6.45) is 1.10. The molecule has 4 nitrogen and oxygen atoms in total. The summed E-state index contributed by atoms with van der Waals surface area (Å²) in [6, 6.07) is 6.02. The fourth-order valence-corrected chi connectivity index (χ4v) is 2.78. The molecule has 0 aliphatic carbocycles. The van der Waals surface area contributed by atoms with E-state index in [4.69, 9.17) is 9.15 Å². The van der Waals surface area contributed by atoms with Gasteiger partial charge in [0.2, 0.25) is 6.73 Å². The molecule has 1 aromatic heterocycles. The van der Waals surface area contributed by atoms with Crippen molar-refractivity contribution in [2.24, 2.45) is 0 Å². The molecule has 3 rings (SSSR count). The largest absolute Gasteiger partial charge is 0.445 e. The minimum Gasteiger partial charge on any atom is -0.445 e. The topological polar surface area (TPSA) is 43.9 Å². The summed E-state index contributed by atoms with van der Waals surface area (Å²) in [5, 5.41) is 0.998. The summed E-state index contributed by atoms with van der Waals surface area (Å²) in [5.41, 5.74) is 2.37. The highest BCUT2D eigenvalue weighted by Gasteiger charge is 2.27. The van der Waals surface area contributed by atoms with Crippen molar-refractivity contribution in [3.05, 3.63) is 39.7 Å². The molecule has 1 unspecified atom stereocenters. The minimum atomic E-state index is -0.293. The maximum absolute atomic E-state index is 11.6. The van der Waals surface area contributed by atoms with Gasteiger partial charge < -0.3 is 9.15 Å². The number of nitrogens with one attached hydrogen (secondary N) is 1. The van der Waals surface area contributed by atoms with Crippen LogP contribution in [0.1, 0.15) is 31.4 Å². The molecule has 1 aliphatic heterocycles. The summed E-state index contributed by atoms with van der Waals surface area (Å²) in [7, 11) is 0. The molecule has 106 valence electrons. The van der Waals surface area contributed by atoms with Gasteiger partial charge >= 0.3 is 5.63 Å². The fraction of sp³-hybridized carbons (Fsp3) is 0.438. The number of quaternary nitrogens is 1. The number of fused-ring (bicyclic) bond motifs is 3. The lowest BCUT2D eigenvalue weighted by atomic mass is 10.0. The van der Waals surface area contributed by atoms with E-state index in [2.05, 4.69) is 13.8 Å². The highest BCUT2D eigenvalue weighted by molar-refractivity contribution is 5.84. The van der Waals surface area contributed by atoms with Crippen LogP contribution in [0.4, 0.5) is 0 Å². The monoisotopic (exact) mass is 274 g/mol. The second-order valence-corrected chi connectivity index (χ2v) is 5.60. The zero-order valence-electron chi connectivity index (χ0n) is 12.2. The average molecular weight is 274 g/mol. The van der Waals surface area contributed by atoms with Gasteiger partial charge in [0.05, 0.1) is 11.6 Å². The molecule has 0 radical (unpaired) electrons. The molecule has 0 amide bonds. The van der Waals surface area contributed by atoms with Crippen molar-refractivity contribution in [1.29, 1.82) is 0 Å². The molecule has 0 spiro atoms. The number of rotatable bonds is 2. The Morgan fingerprint density at radius 3 is 2.95 bits per heavy atom. The number of aryl methyl sites for hydroxylation is 1. The number of hydrogen-bond acceptors (Lipinski definition) is 3. The Bertz CT molecular complexity index is 705. The molecule has 0 saturated carbocycles. The van der Waals surface area contributed by atoms with Gasteiger partial charge in [-0.1, -0.05) is 6.92 Å². The summed E-state index contributed by atoms with van der Waals surface area (Å²) >= 11 is 0. The van der Waals surface area contributed by atoms with Crippen LogP contribution in [0.15, 0.2) is 27.4 Å². The van der Waals surface area contributed by atoms with Crippen molar-refractivity contribution in [2.75, 3.05) is 6.73 Å². The first kappa shape index (κ1) is 13.2. The summed E-state index contributed by atoms with van der Waals surface area (Å²) in [5.74, 6) is 0.846. The van der Waals surface area contributed by atoms with Crippen molar-refractivity contribution in [1.82, 2.24) is 0 Å². The van der Waals surface area contributed by atoms with E-state index in [9.17, 15) is 4.79 Å². The number of ether oxygens (including phenoxy) is 1. The molecule has 4 heteroatoms. The first-order valence-electron chi connectivity index (χ1n) is 7.14. The Balaban J connectivity index is 2.15. The molecule has 20 heavy (non-hydrogen) atoms. The molecule has 1 N–H and O–H groups in total. The maximum Gasteiger partial charge on any atom is 0.336 e. The van der Waals surface area contributed by atoms with Crippen LogP contribution in [0.25, 0.3) is 11.0 Å². The summed E-state index contributed by atoms with van der Waals surface area (Å²) < 4.78 is 11.3. The van der Waals surface area contributed by atoms with E-state index < -0.39 is 0 Å².